The molecule has 0 saturated heterocycles. The van der Waals surface area contributed by atoms with Crippen molar-refractivity contribution in [1.29, 1.82) is 0 Å². The zero-order valence-electron chi connectivity index (χ0n) is 15.9. The predicted molar refractivity (Wildman–Crippen MR) is 109 cm³/mol. The first kappa shape index (κ1) is 17.1. The van der Waals surface area contributed by atoms with Crippen LogP contribution in [0.1, 0.15) is 29.5 Å². The number of fused-ring (bicyclic) bond motifs is 1. The Morgan fingerprint density at radius 1 is 0.857 bits per heavy atom. The van der Waals surface area contributed by atoms with Crippen LogP contribution in [0, 0.1) is 6.92 Å². The highest BCUT2D eigenvalue weighted by Gasteiger charge is 2.50. The van der Waals surface area contributed by atoms with Crippen molar-refractivity contribution in [2.24, 2.45) is 0 Å². The highest BCUT2D eigenvalue weighted by atomic mass is 16.7. The first-order valence-electron chi connectivity index (χ1n) is 9.73. The van der Waals surface area contributed by atoms with Gasteiger partial charge in [-0.15, -0.1) is 0 Å². The summed E-state index contributed by atoms with van der Waals surface area (Å²) >= 11 is 0. The molecule has 3 aromatic carbocycles. The lowest BCUT2D eigenvalue weighted by Gasteiger charge is -2.15. The van der Waals surface area contributed by atoms with E-state index in [0.717, 1.165) is 35.5 Å². The largest absolute Gasteiger partial charge is 0.454 e. The molecule has 1 aliphatic carbocycles. The van der Waals surface area contributed by atoms with Crippen molar-refractivity contribution in [2.75, 3.05) is 6.79 Å². The number of hydrogen-bond donors (Lipinski definition) is 0. The van der Waals surface area contributed by atoms with Crippen LogP contribution in [0.2, 0.25) is 0 Å². The number of hydrogen-bond acceptors (Lipinski definition) is 3. The van der Waals surface area contributed by atoms with Gasteiger partial charge in [-0.1, -0.05) is 60.2 Å². The summed E-state index contributed by atoms with van der Waals surface area (Å²) in [5.74, 6) is 1.80. The zero-order valence-corrected chi connectivity index (χ0v) is 15.9. The molecule has 0 amide bonds. The minimum atomic E-state index is -0.351. The van der Waals surface area contributed by atoms with Gasteiger partial charge in [0.2, 0.25) is 6.79 Å². The second kappa shape index (κ2) is 6.52. The van der Waals surface area contributed by atoms with E-state index in [2.05, 4.69) is 55.5 Å². The summed E-state index contributed by atoms with van der Waals surface area (Å²) in [6, 6.07) is 22.8. The molecule has 140 valence electrons. The summed E-state index contributed by atoms with van der Waals surface area (Å²) < 4.78 is 10.9. The van der Waals surface area contributed by atoms with E-state index in [0.29, 0.717) is 6.42 Å². The Bertz CT molecular complexity index is 1030. The van der Waals surface area contributed by atoms with E-state index in [1.807, 2.05) is 18.2 Å². The molecule has 3 nitrogen and oxygen atoms in total. The van der Waals surface area contributed by atoms with Gasteiger partial charge in [-0.3, -0.25) is 4.79 Å². The Labute approximate surface area is 164 Å². The first-order valence-corrected chi connectivity index (χ1v) is 9.73. The Morgan fingerprint density at radius 2 is 1.50 bits per heavy atom. The van der Waals surface area contributed by atoms with Gasteiger partial charge < -0.3 is 9.47 Å². The number of Topliss-reactive ketones (excluding diaryl/α,β-unsaturated/α-hetero) is 1. The SMILES string of the molecule is Cc1ccc(-c2ccc(CC(=O)C3(c4ccc5c(c4)OCO5)CC3)cc2)cc1. The topological polar surface area (TPSA) is 35.5 Å². The van der Waals surface area contributed by atoms with Crippen molar-refractivity contribution in [3.8, 4) is 22.6 Å². The van der Waals surface area contributed by atoms with Gasteiger partial charge in [0.25, 0.3) is 0 Å². The molecule has 0 aromatic heterocycles. The van der Waals surface area contributed by atoms with Crippen molar-refractivity contribution in [2.45, 2.75) is 31.6 Å². The molecule has 0 radical (unpaired) electrons. The van der Waals surface area contributed by atoms with Crippen LogP contribution in [0.25, 0.3) is 11.1 Å². The van der Waals surface area contributed by atoms with Gasteiger partial charge >= 0.3 is 0 Å². The van der Waals surface area contributed by atoms with E-state index in [1.54, 1.807) is 0 Å². The number of rotatable bonds is 5. The Kier molecular flexibility index (Phi) is 3.97. The van der Waals surface area contributed by atoms with Crippen LogP contribution >= 0.6 is 0 Å². The summed E-state index contributed by atoms with van der Waals surface area (Å²) in [4.78, 5) is 13.1. The van der Waals surface area contributed by atoms with Crippen LogP contribution in [0.15, 0.2) is 66.7 Å². The molecule has 0 bridgehead atoms. The van der Waals surface area contributed by atoms with Crippen molar-refractivity contribution in [3.05, 3.63) is 83.4 Å². The van der Waals surface area contributed by atoms with Gasteiger partial charge in [-0.25, -0.2) is 0 Å². The summed E-state index contributed by atoms with van der Waals surface area (Å²) in [5, 5.41) is 0. The number of carbonyl (C=O) groups is 1. The van der Waals surface area contributed by atoms with E-state index in [9.17, 15) is 4.79 Å². The van der Waals surface area contributed by atoms with E-state index < -0.39 is 0 Å². The zero-order chi connectivity index (χ0) is 19.1. The van der Waals surface area contributed by atoms with E-state index in [4.69, 9.17) is 9.47 Å². The molecule has 5 rings (SSSR count). The van der Waals surface area contributed by atoms with E-state index in [-0.39, 0.29) is 18.0 Å². The van der Waals surface area contributed by atoms with Crippen molar-refractivity contribution in [3.63, 3.8) is 0 Å². The number of carbonyl (C=O) groups excluding carboxylic acids is 1. The van der Waals surface area contributed by atoms with Gasteiger partial charge in [0, 0.05) is 6.42 Å². The fourth-order valence-corrected chi connectivity index (χ4v) is 3.96. The van der Waals surface area contributed by atoms with Gasteiger partial charge in [0.1, 0.15) is 5.78 Å². The summed E-state index contributed by atoms with van der Waals surface area (Å²) in [7, 11) is 0. The Balaban J connectivity index is 1.33. The third-order valence-electron chi connectivity index (χ3n) is 5.91. The van der Waals surface area contributed by atoms with Crippen LogP contribution in [0.3, 0.4) is 0 Å². The Hall–Kier alpha value is -3.07. The molecule has 28 heavy (non-hydrogen) atoms. The fourth-order valence-electron chi connectivity index (χ4n) is 3.96. The molecule has 1 saturated carbocycles. The fraction of sp³-hybridized carbons (Fsp3) is 0.240. The molecule has 0 unspecified atom stereocenters. The highest BCUT2D eigenvalue weighted by Crippen LogP contribution is 2.51. The predicted octanol–water partition coefficient (Wildman–Crippen LogP) is 5.23. The van der Waals surface area contributed by atoms with Crippen molar-refractivity contribution >= 4 is 5.78 Å². The summed E-state index contributed by atoms with van der Waals surface area (Å²) in [6.07, 6.45) is 2.28. The lowest BCUT2D eigenvalue weighted by atomic mass is 9.87. The number of ketones is 1. The van der Waals surface area contributed by atoms with Crippen LogP contribution < -0.4 is 9.47 Å². The third-order valence-corrected chi connectivity index (χ3v) is 5.91. The molecular weight excluding hydrogens is 348 g/mol. The molecule has 3 heteroatoms. The molecule has 3 aromatic rings. The maximum absolute atomic E-state index is 13.1. The molecule has 2 aliphatic rings. The standard InChI is InChI=1S/C25H22O3/c1-17-2-6-19(7-3-17)20-8-4-18(5-9-20)14-24(26)25(12-13-25)21-10-11-22-23(15-21)28-16-27-22/h2-11,15H,12-14,16H2,1H3. The van der Waals surface area contributed by atoms with Crippen LogP contribution in [0.5, 0.6) is 11.5 Å². The lowest BCUT2D eigenvalue weighted by Crippen LogP contribution is -2.22. The maximum Gasteiger partial charge on any atom is 0.231 e. The average molecular weight is 370 g/mol. The number of ether oxygens (including phenoxy) is 2. The number of benzene rings is 3. The Morgan fingerprint density at radius 3 is 2.18 bits per heavy atom. The van der Waals surface area contributed by atoms with E-state index in [1.165, 1.54) is 16.7 Å². The van der Waals surface area contributed by atoms with Gasteiger partial charge in [0.15, 0.2) is 11.5 Å². The molecular formula is C25H22O3. The second-order valence-corrected chi connectivity index (χ2v) is 7.81. The highest BCUT2D eigenvalue weighted by molar-refractivity contribution is 5.94. The third kappa shape index (κ3) is 2.97. The van der Waals surface area contributed by atoms with Crippen LogP contribution in [-0.4, -0.2) is 12.6 Å². The van der Waals surface area contributed by atoms with Gasteiger partial charge in [-0.05, 0) is 54.2 Å². The second-order valence-electron chi connectivity index (χ2n) is 7.81. The average Bonchev–Trinajstić information content (AvgIpc) is 3.40. The van der Waals surface area contributed by atoms with E-state index >= 15 is 0 Å². The van der Waals surface area contributed by atoms with Crippen LogP contribution in [-0.2, 0) is 16.6 Å². The van der Waals surface area contributed by atoms with Gasteiger partial charge in [0.05, 0.1) is 5.41 Å². The molecule has 0 atom stereocenters. The lowest BCUT2D eigenvalue weighted by molar-refractivity contribution is -0.120. The quantitative estimate of drug-likeness (QED) is 0.617. The monoisotopic (exact) mass is 370 g/mol. The minimum Gasteiger partial charge on any atom is -0.454 e. The molecule has 1 aliphatic heterocycles. The molecule has 0 spiro atoms. The summed E-state index contributed by atoms with van der Waals surface area (Å²) in [5.41, 5.74) is 5.39. The van der Waals surface area contributed by atoms with Crippen molar-refractivity contribution < 1.29 is 14.3 Å². The molecule has 0 N–H and O–H groups in total. The minimum absolute atomic E-state index is 0.257. The maximum atomic E-state index is 13.1. The van der Waals surface area contributed by atoms with Crippen LogP contribution in [0.4, 0.5) is 0 Å². The number of aryl methyl sites for hydroxylation is 1. The normalized spacial score (nSPS) is 16.0. The smallest absolute Gasteiger partial charge is 0.231 e. The molecule has 1 heterocycles. The summed E-state index contributed by atoms with van der Waals surface area (Å²) in [6.45, 7) is 2.35. The first-order chi connectivity index (χ1) is 13.6. The van der Waals surface area contributed by atoms with Crippen molar-refractivity contribution in [1.82, 2.24) is 0 Å². The van der Waals surface area contributed by atoms with Gasteiger partial charge in [-0.2, -0.15) is 0 Å². The molecule has 1 fully saturated rings.